The molecule has 0 unspecified atom stereocenters. The number of benzene rings is 1. The maximum atomic E-state index is 13.0. The minimum absolute atomic E-state index is 0.170. The van der Waals surface area contributed by atoms with E-state index < -0.39 is 0 Å². The summed E-state index contributed by atoms with van der Waals surface area (Å²) in [5.74, 6) is 0.653. The van der Waals surface area contributed by atoms with E-state index in [9.17, 15) is 4.39 Å². The Bertz CT molecular complexity index is 689. The van der Waals surface area contributed by atoms with E-state index in [1.54, 1.807) is 12.1 Å². The van der Waals surface area contributed by atoms with Gasteiger partial charge in [-0.3, -0.25) is 9.80 Å². The summed E-state index contributed by atoms with van der Waals surface area (Å²) in [6.07, 6.45) is 3.86. The Labute approximate surface area is 148 Å². The van der Waals surface area contributed by atoms with E-state index in [1.807, 2.05) is 31.5 Å². The van der Waals surface area contributed by atoms with Crippen molar-refractivity contribution in [3.8, 4) is 0 Å². The Kier molecular flexibility index (Phi) is 4.63. The van der Waals surface area contributed by atoms with Crippen LogP contribution < -0.4 is 4.90 Å². The van der Waals surface area contributed by atoms with Gasteiger partial charge in [-0.2, -0.15) is 0 Å². The molecule has 0 atom stereocenters. The molecule has 132 valence electrons. The summed E-state index contributed by atoms with van der Waals surface area (Å²) in [5.41, 5.74) is 2.31. The van der Waals surface area contributed by atoms with Crippen molar-refractivity contribution < 1.29 is 4.39 Å². The zero-order chi connectivity index (χ0) is 17.2. The highest BCUT2D eigenvalue weighted by molar-refractivity contribution is 5.46. The molecule has 25 heavy (non-hydrogen) atoms. The number of aryl methyl sites for hydroxylation is 1. The molecule has 6 heteroatoms. The largest absolute Gasteiger partial charge is 0.369 e. The van der Waals surface area contributed by atoms with E-state index in [1.165, 1.54) is 5.56 Å². The number of aromatic nitrogens is 2. The van der Waals surface area contributed by atoms with Gasteiger partial charge in [-0.15, -0.1) is 0 Å². The fourth-order valence-electron chi connectivity index (χ4n) is 3.66. The summed E-state index contributed by atoms with van der Waals surface area (Å²) in [5, 5.41) is 0. The lowest BCUT2D eigenvalue weighted by atomic mass is 10.0. The first-order chi connectivity index (χ1) is 12.2. The van der Waals surface area contributed by atoms with E-state index in [4.69, 9.17) is 0 Å². The molecule has 2 fully saturated rings. The molecule has 0 amide bonds. The molecule has 0 N–H and O–H groups in total. The van der Waals surface area contributed by atoms with Gasteiger partial charge in [-0.1, -0.05) is 0 Å². The zero-order valence-electron chi connectivity index (χ0n) is 14.6. The van der Waals surface area contributed by atoms with Gasteiger partial charge in [0.1, 0.15) is 11.6 Å². The molecule has 1 aromatic carbocycles. The van der Waals surface area contributed by atoms with Crippen molar-refractivity contribution in [1.82, 2.24) is 19.8 Å². The van der Waals surface area contributed by atoms with Crippen LogP contribution >= 0.6 is 0 Å². The molecule has 5 nitrogen and oxygen atoms in total. The van der Waals surface area contributed by atoms with Gasteiger partial charge < -0.3 is 4.90 Å². The quantitative estimate of drug-likeness (QED) is 0.849. The zero-order valence-corrected chi connectivity index (χ0v) is 14.6. The topological polar surface area (TPSA) is 35.5 Å². The van der Waals surface area contributed by atoms with Gasteiger partial charge >= 0.3 is 0 Å². The van der Waals surface area contributed by atoms with Crippen LogP contribution in [-0.2, 0) is 6.54 Å². The Balaban J connectivity index is 1.23. The molecule has 2 aromatic rings. The van der Waals surface area contributed by atoms with Crippen molar-refractivity contribution in [2.45, 2.75) is 19.5 Å². The number of halogens is 1. The third-order valence-corrected chi connectivity index (χ3v) is 5.20. The number of rotatable bonds is 4. The minimum Gasteiger partial charge on any atom is -0.369 e. The van der Waals surface area contributed by atoms with E-state index in [2.05, 4.69) is 24.7 Å². The van der Waals surface area contributed by atoms with Gasteiger partial charge in [0.25, 0.3) is 0 Å². The van der Waals surface area contributed by atoms with Crippen LogP contribution in [0.15, 0.2) is 36.7 Å². The molecule has 4 rings (SSSR count). The van der Waals surface area contributed by atoms with Crippen molar-refractivity contribution in [1.29, 1.82) is 0 Å². The number of hydrogen-bond donors (Lipinski definition) is 0. The fraction of sp³-hybridized carbons (Fsp3) is 0.474. The second-order valence-corrected chi connectivity index (χ2v) is 6.99. The number of hydrogen-bond acceptors (Lipinski definition) is 5. The van der Waals surface area contributed by atoms with Crippen LogP contribution in [0, 0.1) is 12.7 Å². The normalized spacial score (nSPS) is 19.8. The van der Waals surface area contributed by atoms with Crippen LogP contribution in [-0.4, -0.2) is 65.1 Å². The Morgan fingerprint density at radius 2 is 1.64 bits per heavy atom. The van der Waals surface area contributed by atoms with E-state index in [0.717, 1.165) is 57.3 Å². The smallest absolute Gasteiger partial charge is 0.125 e. The van der Waals surface area contributed by atoms with E-state index >= 15 is 0 Å². The average molecular weight is 341 g/mol. The van der Waals surface area contributed by atoms with Crippen LogP contribution in [0.1, 0.15) is 11.4 Å². The highest BCUT2D eigenvalue weighted by Gasteiger charge is 2.33. The maximum absolute atomic E-state index is 13.0. The molecule has 0 saturated carbocycles. The lowest BCUT2D eigenvalue weighted by Gasteiger charge is -2.48. The second-order valence-electron chi connectivity index (χ2n) is 6.99. The van der Waals surface area contributed by atoms with Crippen LogP contribution in [0.2, 0.25) is 0 Å². The van der Waals surface area contributed by atoms with Crippen molar-refractivity contribution in [2.24, 2.45) is 0 Å². The van der Waals surface area contributed by atoms with Gasteiger partial charge in [0.05, 0.1) is 0 Å². The van der Waals surface area contributed by atoms with Crippen molar-refractivity contribution in [2.75, 3.05) is 44.2 Å². The van der Waals surface area contributed by atoms with Crippen molar-refractivity contribution >= 4 is 5.69 Å². The summed E-state index contributed by atoms with van der Waals surface area (Å²) in [6.45, 7) is 9.24. The molecule has 0 aliphatic carbocycles. The number of nitrogens with zero attached hydrogens (tertiary/aromatic N) is 5. The molecule has 2 aliphatic heterocycles. The van der Waals surface area contributed by atoms with Crippen LogP contribution in [0.25, 0.3) is 0 Å². The Morgan fingerprint density at radius 1 is 1.00 bits per heavy atom. The minimum atomic E-state index is -0.170. The molecule has 0 radical (unpaired) electrons. The third kappa shape index (κ3) is 3.80. The molecule has 1 aromatic heterocycles. The monoisotopic (exact) mass is 341 g/mol. The summed E-state index contributed by atoms with van der Waals surface area (Å²) in [7, 11) is 0. The average Bonchev–Trinajstić information content (AvgIpc) is 2.60. The van der Waals surface area contributed by atoms with E-state index in [0.29, 0.717) is 6.04 Å². The summed E-state index contributed by atoms with van der Waals surface area (Å²) >= 11 is 0. The highest BCUT2D eigenvalue weighted by atomic mass is 19.1. The van der Waals surface area contributed by atoms with Gasteiger partial charge in [0.2, 0.25) is 0 Å². The first kappa shape index (κ1) is 16.4. The lowest BCUT2D eigenvalue weighted by Crippen LogP contribution is -2.62. The van der Waals surface area contributed by atoms with Crippen LogP contribution in [0.5, 0.6) is 0 Å². The molecule has 0 spiro atoms. The molecule has 2 aliphatic rings. The Hall–Kier alpha value is -2.05. The first-order valence-electron chi connectivity index (χ1n) is 8.92. The van der Waals surface area contributed by atoms with Crippen LogP contribution in [0.4, 0.5) is 10.1 Å². The Morgan fingerprint density at radius 3 is 2.28 bits per heavy atom. The van der Waals surface area contributed by atoms with Gasteiger partial charge in [0.15, 0.2) is 0 Å². The summed E-state index contributed by atoms with van der Waals surface area (Å²) in [6, 6.07) is 7.49. The van der Waals surface area contributed by atoms with Gasteiger partial charge in [0, 0.05) is 75.5 Å². The molecular weight excluding hydrogens is 317 g/mol. The van der Waals surface area contributed by atoms with Crippen LogP contribution in [0.3, 0.4) is 0 Å². The number of piperazine rings is 1. The molecule has 0 bridgehead atoms. The standard InChI is InChI=1S/C19H24FN5/c1-15-21-10-16(11-22-15)12-23-13-19(14-23)25-8-6-24(7-9-25)18-4-2-17(20)3-5-18/h2-5,10-11,19H,6-9,12-14H2,1H3. The van der Waals surface area contributed by atoms with Crippen molar-refractivity contribution in [3.63, 3.8) is 0 Å². The molecular formula is C19H24FN5. The molecule has 3 heterocycles. The van der Waals surface area contributed by atoms with Gasteiger partial charge in [-0.25, -0.2) is 14.4 Å². The maximum Gasteiger partial charge on any atom is 0.125 e. The lowest BCUT2D eigenvalue weighted by molar-refractivity contribution is 0.0255. The second kappa shape index (κ2) is 7.06. The van der Waals surface area contributed by atoms with E-state index in [-0.39, 0.29) is 5.82 Å². The predicted octanol–water partition coefficient (Wildman–Crippen LogP) is 1.93. The highest BCUT2D eigenvalue weighted by Crippen LogP contribution is 2.22. The number of anilines is 1. The first-order valence-corrected chi connectivity index (χ1v) is 8.92. The summed E-state index contributed by atoms with van der Waals surface area (Å²) in [4.78, 5) is 15.9. The van der Waals surface area contributed by atoms with Gasteiger partial charge in [-0.05, 0) is 31.2 Å². The number of likely N-dealkylation sites (tertiary alicyclic amines) is 1. The SMILES string of the molecule is Cc1ncc(CN2CC(N3CCN(c4ccc(F)cc4)CC3)C2)cn1. The van der Waals surface area contributed by atoms with Crippen molar-refractivity contribution in [3.05, 3.63) is 53.9 Å². The third-order valence-electron chi connectivity index (χ3n) is 5.20. The summed E-state index contributed by atoms with van der Waals surface area (Å²) < 4.78 is 13.0. The predicted molar refractivity (Wildman–Crippen MR) is 96.0 cm³/mol. The molecule has 2 saturated heterocycles. The fourth-order valence-corrected chi connectivity index (χ4v) is 3.66.